The van der Waals surface area contributed by atoms with Gasteiger partial charge in [0.15, 0.2) is 0 Å². The lowest BCUT2D eigenvalue weighted by atomic mass is 10.1. The highest BCUT2D eigenvalue weighted by Crippen LogP contribution is 1.93. The van der Waals surface area contributed by atoms with Crippen LogP contribution in [-0.2, 0) is 9.59 Å². The van der Waals surface area contributed by atoms with E-state index >= 15 is 0 Å². The van der Waals surface area contributed by atoms with E-state index in [1.807, 2.05) is 20.8 Å². The molecule has 1 unspecified atom stereocenters. The number of hydrogen-bond donors (Lipinski definition) is 3. The quantitative estimate of drug-likeness (QED) is 0.581. The fourth-order valence-electron chi connectivity index (χ4n) is 1.32. The first-order chi connectivity index (χ1) is 8.01. The van der Waals surface area contributed by atoms with Gasteiger partial charge in [-0.3, -0.25) is 9.59 Å². The van der Waals surface area contributed by atoms with Crippen LogP contribution in [0.5, 0.6) is 0 Å². The van der Waals surface area contributed by atoms with E-state index in [4.69, 9.17) is 5.73 Å². The summed E-state index contributed by atoms with van der Waals surface area (Å²) in [5.74, 6) is -0.216. The number of rotatable bonds is 8. The molecule has 0 radical (unpaired) electrons. The second-order valence-corrected chi connectivity index (χ2v) is 4.31. The smallest absolute Gasteiger partial charge is 0.236 e. The van der Waals surface area contributed by atoms with Gasteiger partial charge in [-0.05, 0) is 19.8 Å². The lowest BCUT2D eigenvalue weighted by Gasteiger charge is -2.13. The molecule has 0 aromatic rings. The van der Waals surface area contributed by atoms with Crippen LogP contribution in [0.2, 0.25) is 0 Å². The highest BCUT2D eigenvalue weighted by atomic mass is 16.2. The zero-order valence-corrected chi connectivity index (χ0v) is 11.1. The Morgan fingerprint density at radius 3 is 2.47 bits per heavy atom. The third-order valence-corrected chi connectivity index (χ3v) is 2.61. The molecule has 2 amide bonds. The molecule has 0 aromatic heterocycles. The van der Waals surface area contributed by atoms with Gasteiger partial charge in [0.25, 0.3) is 0 Å². The van der Waals surface area contributed by atoms with E-state index in [0.29, 0.717) is 19.4 Å². The van der Waals surface area contributed by atoms with Crippen molar-refractivity contribution in [3.8, 4) is 0 Å². The van der Waals surface area contributed by atoms with Crippen LogP contribution < -0.4 is 16.4 Å². The molecule has 2 atom stereocenters. The van der Waals surface area contributed by atoms with Crippen LogP contribution in [0.3, 0.4) is 0 Å². The summed E-state index contributed by atoms with van der Waals surface area (Å²) in [7, 11) is 0. The Hall–Kier alpha value is -1.10. The van der Waals surface area contributed by atoms with Gasteiger partial charge in [0.2, 0.25) is 11.8 Å². The maximum Gasteiger partial charge on any atom is 0.236 e. The monoisotopic (exact) mass is 243 g/mol. The summed E-state index contributed by atoms with van der Waals surface area (Å²) < 4.78 is 0. The average molecular weight is 243 g/mol. The third-order valence-electron chi connectivity index (χ3n) is 2.61. The number of amides is 2. The molecule has 0 aromatic carbocycles. The molecule has 0 saturated heterocycles. The second kappa shape index (κ2) is 8.98. The third kappa shape index (κ3) is 7.74. The Morgan fingerprint density at radius 2 is 1.94 bits per heavy atom. The Morgan fingerprint density at radius 1 is 1.29 bits per heavy atom. The van der Waals surface area contributed by atoms with Gasteiger partial charge in [-0.2, -0.15) is 0 Å². The van der Waals surface area contributed by atoms with Crippen molar-refractivity contribution in [2.24, 2.45) is 5.73 Å². The van der Waals surface area contributed by atoms with E-state index in [-0.39, 0.29) is 17.9 Å². The van der Waals surface area contributed by atoms with E-state index < -0.39 is 6.04 Å². The number of carbonyl (C=O) groups is 2. The zero-order valence-electron chi connectivity index (χ0n) is 11.1. The number of hydrogen-bond acceptors (Lipinski definition) is 3. The standard InChI is InChI=1S/C12H25N3O2/c1-4-6-10(13)12(17)14-8-7-11(16)15-9(3)5-2/h9-10H,4-8,13H2,1-3H3,(H,14,17)(H,15,16)/t9?,10-/m1/s1. The van der Waals surface area contributed by atoms with Gasteiger partial charge in [0, 0.05) is 19.0 Å². The van der Waals surface area contributed by atoms with Crippen molar-refractivity contribution in [3.05, 3.63) is 0 Å². The molecule has 5 heteroatoms. The van der Waals surface area contributed by atoms with Gasteiger partial charge in [-0.1, -0.05) is 20.3 Å². The van der Waals surface area contributed by atoms with E-state index in [1.165, 1.54) is 0 Å². The molecular formula is C12H25N3O2. The molecule has 0 spiro atoms. The molecule has 100 valence electrons. The van der Waals surface area contributed by atoms with Crippen LogP contribution in [0, 0.1) is 0 Å². The Kier molecular flexibility index (Phi) is 8.40. The average Bonchev–Trinajstić information content (AvgIpc) is 2.28. The molecule has 0 aliphatic heterocycles. The van der Waals surface area contributed by atoms with Crippen molar-refractivity contribution in [1.29, 1.82) is 0 Å². The lowest BCUT2D eigenvalue weighted by Crippen LogP contribution is -2.42. The fourth-order valence-corrected chi connectivity index (χ4v) is 1.32. The summed E-state index contributed by atoms with van der Waals surface area (Å²) in [6.07, 6.45) is 2.75. The van der Waals surface area contributed by atoms with Gasteiger partial charge < -0.3 is 16.4 Å². The summed E-state index contributed by atoms with van der Waals surface area (Å²) in [6, 6.07) is -0.279. The summed E-state index contributed by atoms with van der Waals surface area (Å²) in [5.41, 5.74) is 5.63. The van der Waals surface area contributed by atoms with Crippen molar-refractivity contribution in [3.63, 3.8) is 0 Å². The highest BCUT2D eigenvalue weighted by molar-refractivity contribution is 5.82. The van der Waals surface area contributed by atoms with Gasteiger partial charge in [-0.25, -0.2) is 0 Å². The summed E-state index contributed by atoms with van der Waals surface area (Å²) in [5, 5.41) is 5.50. The topological polar surface area (TPSA) is 84.2 Å². The minimum atomic E-state index is -0.461. The highest BCUT2D eigenvalue weighted by Gasteiger charge is 2.12. The zero-order chi connectivity index (χ0) is 13.3. The van der Waals surface area contributed by atoms with Gasteiger partial charge in [-0.15, -0.1) is 0 Å². The first kappa shape index (κ1) is 15.9. The van der Waals surface area contributed by atoms with Crippen LogP contribution in [0.25, 0.3) is 0 Å². The molecule has 0 aliphatic carbocycles. The van der Waals surface area contributed by atoms with Crippen molar-refractivity contribution in [2.45, 2.75) is 58.5 Å². The summed E-state index contributed by atoms with van der Waals surface area (Å²) in [4.78, 5) is 22.8. The maximum atomic E-state index is 11.4. The van der Waals surface area contributed by atoms with Gasteiger partial charge >= 0.3 is 0 Å². The Balaban J connectivity index is 3.69. The van der Waals surface area contributed by atoms with Crippen molar-refractivity contribution in [1.82, 2.24) is 10.6 Å². The van der Waals surface area contributed by atoms with Crippen LogP contribution in [0.1, 0.15) is 46.5 Å². The molecule has 0 fully saturated rings. The predicted octanol–water partition coefficient (Wildman–Crippen LogP) is 0.535. The van der Waals surface area contributed by atoms with Crippen molar-refractivity contribution >= 4 is 11.8 Å². The summed E-state index contributed by atoms with van der Waals surface area (Å²) in [6.45, 7) is 6.29. The number of nitrogens with two attached hydrogens (primary N) is 1. The van der Waals surface area contributed by atoms with Crippen molar-refractivity contribution < 1.29 is 9.59 Å². The minimum absolute atomic E-state index is 0.0382. The van der Waals surface area contributed by atoms with E-state index in [1.54, 1.807) is 0 Å². The normalized spacial score (nSPS) is 13.9. The molecule has 17 heavy (non-hydrogen) atoms. The molecule has 0 rings (SSSR count). The Bertz CT molecular complexity index is 244. The molecule has 5 nitrogen and oxygen atoms in total. The first-order valence-corrected chi connectivity index (χ1v) is 6.33. The molecule has 4 N–H and O–H groups in total. The minimum Gasteiger partial charge on any atom is -0.354 e. The van der Waals surface area contributed by atoms with E-state index in [9.17, 15) is 9.59 Å². The SMILES string of the molecule is CCC[C@@H](N)C(=O)NCCC(=O)NC(C)CC. The second-order valence-electron chi connectivity index (χ2n) is 4.31. The fraction of sp³-hybridized carbons (Fsp3) is 0.833. The summed E-state index contributed by atoms with van der Waals surface area (Å²) >= 11 is 0. The predicted molar refractivity (Wildman–Crippen MR) is 68.4 cm³/mol. The van der Waals surface area contributed by atoms with Crippen LogP contribution in [0.4, 0.5) is 0 Å². The number of nitrogens with one attached hydrogen (secondary N) is 2. The van der Waals surface area contributed by atoms with Crippen LogP contribution in [-0.4, -0.2) is 30.4 Å². The first-order valence-electron chi connectivity index (χ1n) is 6.33. The van der Waals surface area contributed by atoms with Crippen LogP contribution >= 0.6 is 0 Å². The van der Waals surface area contributed by atoms with Crippen molar-refractivity contribution in [2.75, 3.05) is 6.54 Å². The van der Waals surface area contributed by atoms with E-state index in [2.05, 4.69) is 10.6 Å². The Labute approximate surface area is 104 Å². The van der Waals surface area contributed by atoms with Gasteiger partial charge in [0.05, 0.1) is 6.04 Å². The number of carbonyl (C=O) groups excluding carboxylic acids is 2. The van der Waals surface area contributed by atoms with Gasteiger partial charge in [0.1, 0.15) is 0 Å². The van der Waals surface area contributed by atoms with Crippen LogP contribution in [0.15, 0.2) is 0 Å². The molecule has 0 heterocycles. The molecule has 0 aliphatic rings. The largest absolute Gasteiger partial charge is 0.354 e. The molecule has 0 saturated carbocycles. The molecule has 0 bridgehead atoms. The maximum absolute atomic E-state index is 11.4. The lowest BCUT2D eigenvalue weighted by molar-refractivity contribution is -0.123. The molecular weight excluding hydrogens is 218 g/mol. The van der Waals surface area contributed by atoms with E-state index in [0.717, 1.165) is 12.8 Å².